The molecule has 4 rings (SSSR count). The molecule has 1 aromatic carbocycles. The van der Waals surface area contributed by atoms with Crippen LogP contribution in [0.4, 0.5) is 13.2 Å². The molecule has 0 aromatic heterocycles. The van der Waals surface area contributed by atoms with Crippen molar-refractivity contribution in [2.24, 2.45) is 0 Å². The molecule has 150 valence electrons. The highest BCUT2D eigenvalue weighted by atomic mass is 19.4. The molecule has 3 aliphatic heterocycles. The molecule has 0 radical (unpaired) electrons. The van der Waals surface area contributed by atoms with Crippen LogP contribution in [0.2, 0.25) is 0 Å². The first kappa shape index (κ1) is 19.3. The van der Waals surface area contributed by atoms with Crippen LogP contribution in [-0.4, -0.2) is 41.9 Å². The highest BCUT2D eigenvalue weighted by Gasteiger charge is 2.30. The van der Waals surface area contributed by atoms with E-state index in [1.54, 1.807) is 30.5 Å². The standard InChI is InChI=1S/C22H20F3N3O/c23-22(24,25)18-5-1-3-16(13-18)17-4-2-6-19-7-8-20(15-28(19)21(29)14-17)27-11-9-26-10-12-27/h1-8,13-15,26H,9-12H2/b4-2+,17-14+,19-6+. The van der Waals surface area contributed by atoms with Gasteiger partial charge in [-0.25, -0.2) is 0 Å². The van der Waals surface area contributed by atoms with E-state index < -0.39 is 11.7 Å². The molecule has 3 aliphatic rings. The summed E-state index contributed by atoms with van der Waals surface area (Å²) in [5.74, 6) is -0.301. The maximum atomic E-state index is 13.1. The lowest BCUT2D eigenvalue weighted by Crippen LogP contribution is -2.43. The van der Waals surface area contributed by atoms with E-state index in [0.29, 0.717) is 16.8 Å². The van der Waals surface area contributed by atoms with Gasteiger partial charge in [-0.15, -0.1) is 0 Å². The third-order valence-electron chi connectivity index (χ3n) is 5.03. The quantitative estimate of drug-likeness (QED) is 0.824. The lowest BCUT2D eigenvalue weighted by Gasteiger charge is -2.33. The third-order valence-corrected chi connectivity index (χ3v) is 5.03. The second-order valence-corrected chi connectivity index (χ2v) is 6.96. The van der Waals surface area contributed by atoms with Crippen molar-refractivity contribution in [3.63, 3.8) is 0 Å². The van der Waals surface area contributed by atoms with Gasteiger partial charge in [0.15, 0.2) is 0 Å². The number of hydrogen-bond acceptors (Lipinski definition) is 3. The van der Waals surface area contributed by atoms with Crippen molar-refractivity contribution in [1.82, 2.24) is 15.1 Å². The molecule has 1 amide bonds. The summed E-state index contributed by atoms with van der Waals surface area (Å²) < 4.78 is 39.2. The highest BCUT2D eigenvalue weighted by Crippen LogP contribution is 2.32. The molecule has 1 N–H and O–H groups in total. The fourth-order valence-corrected chi connectivity index (χ4v) is 3.49. The fourth-order valence-electron chi connectivity index (χ4n) is 3.49. The molecule has 4 nitrogen and oxygen atoms in total. The van der Waals surface area contributed by atoms with Crippen molar-refractivity contribution in [2.75, 3.05) is 26.2 Å². The molecule has 0 bridgehead atoms. The summed E-state index contributed by atoms with van der Waals surface area (Å²) in [5.41, 5.74) is 1.69. The summed E-state index contributed by atoms with van der Waals surface area (Å²) in [6.45, 7) is 3.46. The predicted octanol–water partition coefficient (Wildman–Crippen LogP) is 3.69. The van der Waals surface area contributed by atoms with Crippen LogP contribution >= 0.6 is 0 Å². The summed E-state index contributed by atoms with van der Waals surface area (Å²) in [6.07, 6.45) is 7.77. The average Bonchev–Trinajstić information content (AvgIpc) is 2.72. The minimum Gasteiger partial charge on any atom is -0.368 e. The molecular formula is C22H20F3N3O. The summed E-state index contributed by atoms with van der Waals surface area (Å²) in [6, 6.07) is 5.01. The molecular weight excluding hydrogens is 379 g/mol. The number of alkyl halides is 3. The van der Waals surface area contributed by atoms with Gasteiger partial charge < -0.3 is 10.2 Å². The van der Waals surface area contributed by atoms with Gasteiger partial charge in [-0.2, -0.15) is 13.2 Å². The molecule has 0 spiro atoms. The first-order chi connectivity index (χ1) is 13.9. The predicted molar refractivity (Wildman–Crippen MR) is 105 cm³/mol. The number of nitrogens with one attached hydrogen (secondary N) is 1. The van der Waals surface area contributed by atoms with Crippen LogP contribution in [0.15, 0.2) is 78.3 Å². The molecule has 7 heteroatoms. The van der Waals surface area contributed by atoms with Gasteiger partial charge in [0.05, 0.1) is 11.3 Å². The van der Waals surface area contributed by atoms with Crippen LogP contribution in [0, 0.1) is 0 Å². The van der Waals surface area contributed by atoms with Gasteiger partial charge in [0.2, 0.25) is 0 Å². The zero-order valence-electron chi connectivity index (χ0n) is 15.6. The lowest BCUT2D eigenvalue weighted by atomic mass is 10.0. The average molecular weight is 399 g/mol. The fraction of sp³-hybridized carbons (Fsp3) is 0.227. The van der Waals surface area contributed by atoms with Crippen LogP contribution in [0.1, 0.15) is 11.1 Å². The van der Waals surface area contributed by atoms with E-state index in [9.17, 15) is 18.0 Å². The van der Waals surface area contributed by atoms with Gasteiger partial charge in [-0.05, 0) is 41.5 Å². The molecule has 29 heavy (non-hydrogen) atoms. The van der Waals surface area contributed by atoms with Gasteiger partial charge in [-0.1, -0.05) is 24.3 Å². The Morgan fingerprint density at radius 1 is 1.00 bits per heavy atom. The van der Waals surface area contributed by atoms with E-state index in [4.69, 9.17) is 0 Å². The van der Waals surface area contributed by atoms with E-state index in [2.05, 4.69) is 10.2 Å². The van der Waals surface area contributed by atoms with Crippen LogP contribution in [0.3, 0.4) is 0 Å². The van der Waals surface area contributed by atoms with Crippen LogP contribution in [0.25, 0.3) is 5.57 Å². The Hall–Kier alpha value is -3.06. The van der Waals surface area contributed by atoms with Crippen molar-refractivity contribution in [1.29, 1.82) is 0 Å². The van der Waals surface area contributed by atoms with E-state index in [0.717, 1.165) is 44.0 Å². The SMILES string of the molecule is O=C1\C=C(c2cccc(C(F)(F)F)c2)/C=C/C=C2\C=CC(N3CCNCC3)=CN12. The summed E-state index contributed by atoms with van der Waals surface area (Å²) in [7, 11) is 0. The Labute approximate surface area is 167 Å². The molecule has 3 heterocycles. The molecule has 0 atom stereocenters. The van der Waals surface area contributed by atoms with E-state index in [1.165, 1.54) is 17.0 Å². The maximum absolute atomic E-state index is 13.1. The number of carbonyl (C=O) groups is 1. The zero-order chi connectivity index (χ0) is 20.4. The largest absolute Gasteiger partial charge is 0.416 e. The third kappa shape index (κ3) is 4.19. The number of piperazine rings is 1. The number of benzene rings is 1. The Morgan fingerprint density at radius 2 is 1.76 bits per heavy atom. The van der Waals surface area contributed by atoms with E-state index in [-0.39, 0.29) is 5.91 Å². The van der Waals surface area contributed by atoms with Crippen LogP contribution < -0.4 is 5.32 Å². The van der Waals surface area contributed by atoms with Gasteiger partial charge >= 0.3 is 6.18 Å². The van der Waals surface area contributed by atoms with E-state index in [1.807, 2.05) is 12.2 Å². The Bertz CT molecular complexity index is 964. The second-order valence-electron chi connectivity index (χ2n) is 6.96. The van der Waals surface area contributed by atoms with Gasteiger partial charge in [0.25, 0.3) is 5.91 Å². The number of nitrogens with zero attached hydrogens (tertiary/aromatic N) is 2. The molecule has 1 fully saturated rings. The monoisotopic (exact) mass is 399 g/mol. The first-order valence-corrected chi connectivity index (χ1v) is 9.38. The first-order valence-electron chi connectivity index (χ1n) is 9.38. The maximum Gasteiger partial charge on any atom is 0.416 e. The van der Waals surface area contributed by atoms with Crippen molar-refractivity contribution >= 4 is 11.5 Å². The summed E-state index contributed by atoms with van der Waals surface area (Å²) >= 11 is 0. The Balaban J connectivity index is 1.66. The number of allylic oxidation sites excluding steroid dienone is 6. The van der Waals surface area contributed by atoms with Gasteiger partial charge in [0, 0.05) is 44.2 Å². The normalized spacial score (nSPS) is 24.5. The van der Waals surface area contributed by atoms with Crippen molar-refractivity contribution in [3.8, 4) is 0 Å². The molecule has 0 saturated carbocycles. The lowest BCUT2D eigenvalue weighted by molar-refractivity contribution is -0.137. The number of carbonyl (C=O) groups excluding carboxylic acids is 1. The Morgan fingerprint density at radius 3 is 2.52 bits per heavy atom. The van der Waals surface area contributed by atoms with E-state index >= 15 is 0 Å². The molecule has 0 aliphatic carbocycles. The van der Waals surface area contributed by atoms with Crippen molar-refractivity contribution in [3.05, 3.63) is 89.4 Å². The van der Waals surface area contributed by atoms with Crippen molar-refractivity contribution < 1.29 is 18.0 Å². The number of fused-ring (bicyclic) bond motifs is 1. The van der Waals surface area contributed by atoms with Gasteiger partial charge in [-0.3, -0.25) is 9.69 Å². The number of halogens is 3. The zero-order valence-corrected chi connectivity index (χ0v) is 15.6. The molecule has 0 unspecified atom stereocenters. The topological polar surface area (TPSA) is 35.6 Å². The van der Waals surface area contributed by atoms with Gasteiger partial charge in [0.1, 0.15) is 0 Å². The summed E-state index contributed by atoms with van der Waals surface area (Å²) in [5, 5.41) is 3.29. The second kappa shape index (κ2) is 7.75. The number of amides is 1. The molecule has 1 aromatic rings. The highest BCUT2D eigenvalue weighted by molar-refractivity contribution is 5.99. The minimum atomic E-state index is -4.43. The number of hydrogen-bond donors (Lipinski definition) is 1. The van der Waals surface area contributed by atoms with Crippen molar-refractivity contribution in [2.45, 2.75) is 6.18 Å². The Kier molecular flexibility index (Phi) is 5.15. The smallest absolute Gasteiger partial charge is 0.368 e. The van der Waals surface area contributed by atoms with Crippen LogP contribution in [0.5, 0.6) is 0 Å². The molecule has 1 saturated heterocycles. The minimum absolute atomic E-state index is 0.301. The van der Waals surface area contributed by atoms with Crippen LogP contribution in [-0.2, 0) is 11.0 Å². The summed E-state index contributed by atoms with van der Waals surface area (Å²) in [4.78, 5) is 16.7. The number of rotatable bonds is 2.